The SMILES string of the molecule is COc1ccc(C2CCC(c3ccc4occc4c3)[C@H]2C(=O)O)cc1. The summed E-state index contributed by atoms with van der Waals surface area (Å²) >= 11 is 0. The first kappa shape index (κ1) is 15.8. The van der Waals surface area contributed by atoms with Crippen molar-refractivity contribution < 1.29 is 19.1 Å². The summed E-state index contributed by atoms with van der Waals surface area (Å²) in [5, 5.41) is 10.9. The van der Waals surface area contributed by atoms with Gasteiger partial charge in [0.05, 0.1) is 19.3 Å². The van der Waals surface area contributed by atoms with Crippen LogP contribution in [0.3, 0.4) is 0 Å². The van der Waals surface area contributed by atoms with E-state index in [1.807, 2.05) is 42.5 Å². The molecule has 0 aliphatic heterocycles. The summed E-state index contributed by atoms with van der Waals surface area (Å²) in [5.41, 5.74) is 2.98. The number of aliphatic carboxylic acids is 1. The molecule has 3 atom stereocenters. The predicted octanol–water partition coefficient (Wildman–Crippen LogP) is 4.80. The molecule has 0 bridgehead atoms. The Morgan fingerprint density at radius 3 is 2.40 bits per heavy atom. The number of hydrogen-bond donors (Lipinski definition) is 1. The molecular formula is C21H20O4. The number of carboxylic acids is 1. The minimum Gasteiger partial charge on any atom is -0.497 e. The van der Waals surface area contributed by atoms with Gasteiger partial charge >= 0.3 is 5.97 Å². The van der Waals surface area contributed by atoms with Crippen LogP contribution in [0.15, 0.2) is 59.2 Å². The van der Waals surface area contributed by atoms with Gasteiger partial charge in [-0.1, -0.05) is 18.2 Å². The number of furan rings is 1. The molecule has 1 fully saturated rings. The van der Waals surface area contributed by atoms with Gasteiger partial charge in [0.25, 0.3) is 0 Å². The average molecular weight is 336 g/mol. The molecule has 4 heteroatoms. The zero-order chi connectivity index (χ0) is 17.4. The van der Waals surface area contributed by atoms with Crippen LogP contribution in [-0.4, -0.2) is 18.2 Å². The van der Waals surface area contributed by atoms with Crippen LogP contribution in [0, 0.1) is 5.92 Å². The highest BCUT2D eigenvalue weighted by Gasteiger charge is 2.42. The summed E-state index contributed by atoms with van der Waals surface area (Å²) < 4.78 is 10.6. The van der Waals surface area contributed by atoms with Crippen LogP contribution in [0.2, 0.25) is 0 Å². The maximum atomic E-state index is 12.1. The average Bonchev–Trinajstić information content (AvgIpc) is 3.27. The minimum atomic E-state index is -0.726. The monoisotopic (exact) mass is 336 g/mol. The number of methoxy groups -OCH3 is 1. The summed E-state index contributed by atoms with van der Waals surface area (Å²) in [4.78, 5) is 12.1. The van der Waals surface area contributed by atoms with Crippen LogP contribution < -0.4 is 4.74 Å². The third kappa shape index (κ3) is 2.78. The van der Waals surface area contributed by atoms with Crippen molar-refractivity contribution in [2.75, 3.05) is 7.11 Å². The molecule has 25 heavy (non-hydrogen) atoms. The Bertz CT molecular complexity index is 894. The topological polar surface area (TPSA) is 59.7 Å². The molecule has 1 aliphatic rings. The number of fused-ring (bicyclic) bond motifs is 1. The molecule has 1 aromatic heterocycles. The summed E-state index contributed by atoms with van der Waals surface area (Å²) in [6, 6.07) is 15.7. The standard InChI is InChI=1S/C21H20O4/c1-24-16-5-2-13(3-6-16)17-7-8-18(20(17)21(22)23)14-4-9-19-15(12-14)10-11-25-19/h2-6,9-12,17-18,20H,7-8H2,1H3,(H,22,23)/t17?,18?,20-/m0/s1. The van der Waals surface area contributed by atoms with E-state index in [2.05, 4.69) is 6.07 Å². The van der Waals surface area contributed by atoms with Gasteiger partial charge in [-0.3, -0.25) is 4.79 Å². The van der Waals surface area contributed by atoms with Gasteiger partial charge in [0.2, 0.25) is 0 Å². The Morgan fingerprint density at radius 2 is 1.72 bits per heavy atom. The highest BCUT2D eigenvalue weighted by Crippen LogP contribution is 2.49. The maximum Gasteiger partial charge on any atom is 0.307 e. The van der Waals surface area contributed by atoms with Gasteiger partial charge in [0.15, 0.2) is 0 Å². The number of carbonyl (C=O) groups is 1. The second-order valence-electron chi connectivity index (χ2n) is 6.65. The van der Waals surface area contributed by atoms with Crippen molar-refractivity contribution in [2.45, 2.75) is 24.7 Å². The van der Waals surface area contributed by atoms with Gasteiger partial charge < -0.3 is 14.3 Å². The summed E-state index contributed by atoms with van der Waals surface area (Å²) in [6.45, 7) is 0. The largest absolute Gasteiger partial charge is 0.497 e. The second kappa shape index (κ2) is 6.28. The molecule has 1 aliphatic carbocycles. The Balaban J connectivity index is 1.67. The van der Waals surface area contributed by atoms with E-state index < -0.39 is 11.9 Å². The number of carboxylic acid groups (broad SMARTS) is 1. The molecular weight excluding hydrogens is 316 g/mol. The molecule has 2 unspecified atom stereocenters. The number of rotatable bonds is 4. The first-order valence-electron chi connectivity index (χ1n) is 8.51. The normalized spacial score (nSPS) is 23.0. The third-order valence-electron chi connectivity index (χ3n) is 5.39. The molecule has 0 saturated heterocycles. The molecule has 0 spiro atoms. The van der Waals surface area contributed by atoms with Crippen molar-refractivity contribution in [1.29, 1.82) is 0 Å². The van der Waals surface area contributed by atoms with Crippen LogP contribution >= 0.6 is 0 Å². The zero-order valence-electron chi connectivity index (χ0n) is 14.0. The van der Waals surface area contributed by atoms with E-state index in [-0.39, 0.29) is 11.8 Å². The van der Waals surface area contributed by atoms with Gasteiger partial charge in [0.1, 0.15) is 11.3 Å². The van der Waals surface area contributed by atoms with Crippen molar-refractivity contribution in [1.82, 2.24) is 0 Å². The van der Waals surface area contributed by atoms with Gasteiger partial charge in [0, 0.05) is 5.39 Å². The lowest BCUT2D eigenvalue weighted by Gasteiger charge is -2.22. The van der Waals surface area contributed by atoms with E-state index in [9.17, 15) is 9.90 Å². The molecule has 1 saturated carbocycles. The molecule has 128 valence electrons. The van der Waals surface area contributed by atoms with Crippen LogP contribution in [-0.2, 0) is 4.79 Å². The van der Waals surface area contributed by atoms with Gasteiger partial charge in [-0.05, 0) is 66.1 Å². The van der Waals surface area contributed by atoms with Gasteiger partial charge in [-0.25, -0.2) is 0 Å². The first-order chi connectivity index (χ1) is 12.2. The highest BCUT2D eigenvalue weighted by molar-refractivity contribution is 5.79. The Morgan fingerprint density at radius 1 is 1.04 bits per heavy atom. The molecule has 0 amide bonds. The zero-order valence-corrected chi connectivity index (χ0v) is 14.0. The Kier molecular flexibility index (Phi) is 3.96. The Hall–Kier alpha value is -2.75. The third-order valence-corrected chi connectivity index (χ3v) is 5.39. The van der Waals surface area contributed by atoms with E-state index in [0.717, 1.165) is 40.7 Å². The maximum absolute atomic E-state index is 12.1. The minimum absolute atomic E-state index is 0.0175. The van der Waals surface area contributed by atoms with Crippen molar-refractivity contribution in [2.24, 2.45) is 5.92 Å². The van der Waals surface area contributed by atoms with Crippen LogP contribution in [0.4, 0.5) is 0 Å². The van der Waals surface area contributed by atoms with Gasteiger partial charge in [-0.15, -0.1) is 0 Å². The van der Waals surface area contributed by atoms with Gasteiger partial charge in [-0.2, -0.15) is 0 Å². The molecule has 1 heterocycles. The number of benzene rings is 2. The smallest absolute Gasteiger partial charge is 0.307 e. The van der Waals surface area contributed by atoms with Crippen molar-refractivity contribution in [3.8, 4) is 5.75 Å². The molecule has 1 N–H and O–H groups in total. The van der Waals surface area contributed by atoms with Crippen molar-refractivity contribution in [3.05, 3.63) is 65.9 Å². The van der Waals surface area contributed by atoms with Crippen LogP contribution in [0.25, 0.3) is 11.0 Å². The fourth-order valence-corrected chi connectivity index (χ4v) is 4.16. The Labute approximate surface area is 146 Å². The highest BCUT2D eigenvalue weighted by atomic mass is 16.5. The quantitative estimate of drug-likeness (QED) is 0.743. The molecule has 3 aromatic rings. The van der Waals surface area contributed by atoms with E-state index in [1.165, 1.54) is 0 Å². The fraction of sp³-hybridized carbons (Fsp3) is 0.286. The van der Waals surface area contributed by atoms with Crippen LogP contribution in [0.5, 0.6) is 5.75 Å². The lowest BCUT2D eigenvalue weighted by Crippen LogP contribution is -2.22. The van der Waals surface area contributed by atoms with Crippen LogP contribution in [0.1, 0.15) is 35.8 Å². The predicted molar refractivity (Wildman–Crippen MR) is 95.0 cm³/mol. The first-order valence-corrected chi connectivity index (χ1v) is 8.51. The summed E-state index contributed by atoms with van der Waals surface area (Å²) in [6.07, 6.45) is 3.41. The molecule has 4 rings (SSSR count). The molecule has 2 aromatic carbocycles. The van der Waals surface area contributed by atoms with E-state index in [0.29, 0.717) is 0 Å². The lowest BCUT2D eigenvalue weighted by molar-refractivity contribution is -0.142. The summed E-state index contributed by atoms with van der Waals surface area (Å²) in [5.74, 6) is -0.318. The van der Waals surface area contributed by atoms with E-state index in [1.54, 1.807) is 13.4 Å². The fourth-order valence-electron chi connectivity index (χ4n) is 4.16. The number of hydrogen-bond acceptors (Lipinski definition) is 3. The summed E-state index contributed by atoms with van der Waals surface area (Å²) in [7, 11) is 1.63. The van der Waals surface area contributed by atoms with Crippen molar-refractivity contribution in [3.63, 3.8) is 0 Å². The van der Waals surface area contributed by atoms with E-state index in [4.69, 9.17) is 9.15 Å². The molecule has 0 radical (unpaired) electrons. The number of ether oxygens (including phenoxy) is 1. The van der Waals surface area contributed by atoms with Crippen molar-refractivity contribution >= 4 is 16.9 Å². The molecule has 4 nitrogen and oxygen atoms in total. The lowest BCUT2D eigenvalue weighted by atomic mass is 9.81. The second-order valence-corrected chi connectivity index (χ2v) is 6.65. The van der Waals surface area contributed by atoms with E-state index >= 15 is 0 Å².